The van der Waals surface area contributed by atoms with Gasteiger partial charge < -0.3 is 14.6 Å². The average Bonchev–Trinajstić information content (AvgIpc) is 3.18. The standard InChI is InChI=1S/C26H36FN3O2.C3H8.CH2O2/c1-3-7-25(31)28-26(32)14-19-17-29(2)24-16-21(23(27)15-22(19)24)18-10-12-30(13-11-18)20-8-5-4-6-9-20;1-3-2;2-1-3/h15-18,20H,3-14H2,1-2H3,(H,28,31,32);3H2,1-2H3;1H,(H,2,3). The predicted octanol–water partition coefficient (Wildman–Crippen LogP) is 5.93. The maximum Gasteiger partial charge on any atom is 0.290 e. The second-order valence-electron chi connectivity index (χ2n) is 10.5. The zero-order valence-electron chi connectivity index (χ0n) is 23.6. The quantitative estimate of drug-likeness (QED) is 0.451. The van der Waals surface area contributed by atoms with E-state index in [0.717, 1.165) is 54.0 Å². The Balaban J connectivity index is 0.000000773. The number of likely N-dealkylation sites (tertiary alicyclic amines) is 1. The Morgan fingerprint density at radius 1 is 1.05 bits per heavy atom. The second kappa shape index (κ2) is 16.3. The largest absolute Gasteiger partial charge is 0.483 e. The highest BCUT2D eigenvalue weighted by Crippen LogP contribution is 2.35. The average molecular weight is 532 g/mol. The van der Waals surface area contributed by atoms with Crippen molar-refractivity contribution in [3.63, 3.8) is 0 Å². The monoisotopic (exact) mass is 531 g/mol. The first-order chi connectivity index (χ1) is 18.3. The van der Waals surface area contributed by atoms with E-state index in [9.17, 15) is 9.59 Å². The summed E-state index contributed by atoms with van der Waals surface area (Å²) >= 11 is 0. The number of fused-ring (bicyclic) bond motifs is 1. The Kier molecular flexibility index (Phi) is 13.5. The molecule has 8 heteroatoms. The zero-order chi connectivity index (χ0) is 28.1. The molecule has 0 spiro atoms. The number of benzene rings is 1. The number of nitrogens with zero attached hydrogens (tertiary/aromatic N) is 2. The van der Waals surface area contributed by atoms with Gasteiger partial charge in [-0.2, -0.15) is 0 Å². The summed E-state index contributed by atoms with van der Waals surface area (Å²) < 4.78 is 17.2. The number of carbonyl (C=O) groups excluding carboxylic acids is 2. The minimum Gasteiger partial charge on any atom is -0.483 e. The number of imide groups is 1. The van der Waals surface area contributed by atoms with Gasteiger partial charge in [0.2, 0.25) is 11.8 Å². The van der Waals surface area contributed by atoms with Crippen LogP contribution in [0.3, 0.4) is 0 Å². The summed E-state index contributed by atoms with van der Waals surface area (Å²) in [5.74, 6) is -0.530. The molecule has 0 atom stereocenters. The smallest absolute Gasteiger partial charge is 0.290 e. The van der Waals surface area contributed by atoms with Crippen LogP contribution in [0.5, 0.6) is 0 Å². The molecule has 38 heavy (non-hydrogen) atoms. The summed E-state index contributed by atoms with van der Waals surface area (Å²) in [4.78, 5) is 35.0. The van der Waals surface area contributed by atoms with E-state index in [0.29, 0.717) is 12.8 Å². The number of aromatic nitrogens is 1. The van der Waals surface area contributed by atoms with Crippen molar-refractivity contribution < 1.29 is 23.9 Å². The van der Waals surface area contributed by atoms with Gasteiger partial charge in [-0.05, 0) is 74.4 Å². The van der Waals surface area contributed by atoms with Crippen molar-refractivity contribution in [3.8, 4) is 0 Å². The van der Waals surface area contributed by atoms with E-state index in [1.54, 1.807) is 6.07 Å². The van der Waals surface area contributed by atoms with Gasteiger partial charge in [0.15, 0.2) is 0 Å². The molecule has 4 rings (SSSR count). The van der Waals surface area contributed by atoms with Gasteiger partial charge in [0, 0.05) is 36.6 Å². The second-order valence-corrected chi connectivity index (χ2v) is 10.5. The molecule has 2 aromatic rings. The molecule has 1 aliphatic carbocycles. The number of rotatable bonds is 6. The highest BCUT2D eigenvalue weighted by molar-refractivity contribution is 5.98. The number of hydrogen-bond acceptors (Lipinski definition) is 4. The molecule has 1 aromatic heterocycles. The summed E-state index contributed by atoms with van der Waals surface area (Å²) in [5.41, 5.74) is 2.50. The van der Waals surface area contributed by atoms with Crippen LogP contribution in [0.25, 0.3) is 10.9 Å². The highest BCUT2D eigenvalue weighted by atomic mass is 19.1. The third-order valence-corrected chi connectivity index (χ3v) is 7.36. The van der Waals surface area contributed by atoms with Crippen LogP contribution < -0.4 is 5.32 Å². The van der Waals surface area contributed by atoms with Crippen LogP contribution in [0.2, 0.25) is 0 Å². The minimum atomic E-state index is -0.337. The van der Waals surface area contributed by atoms with Crippen molar-refractivity contribution >= 4 is 29.2 Å². The van der Waals surface area contributed by atoms with Crippen molar-refractivity contribution in [1.29, 1.82) is 0 Å². The first-order valence-corrected chi connectivity index (χ1v) is 14.2. The van der Waals surface area contributed by atoms with E-state index in [-0.39, 0.29) is 36.4 Å². The number of carboxylic acid groups (broad SMARTS) is 1. The molecule has 2 aliphatic rings. The Labute approximate surface area is 226 Å². The van der Waals surface area contributed by atoms with Gasteiger partial charge in [-0.3, -0.25) is 19.7 Å². The maximum absolute atomic E-state index is 15.2. The molecular weight excluding hydrogens is 485 g/mol. The number of aryl methyl sites for hydroxylation is 1. The van der Waals surface area contributed by atoms with Crippen molar-refractivity contribution in [3.05, 3.63) is 35.3 Å². The lowest BCUT2D eigenvalue weighted by Gasteiger charge is -2.39. The summed E-state index contributed by atoms with van der Waals surface area (Å²) in [5, 5.41) is 10.1. The molecule has 7 nitrogen and oxygen atoms in total. The zero-order valence-corrected chi connectivity index (χ0v) is 23.6. The summed E-state index contributed by atoms with van der Waals surface area (Å²) in [6.45, 7) is 8.00. The fourth-order valence-corrected chi connectivity index (χ4v) is 5.64. The minimum absolute atomic E-state index is 0.0748. The summed E-state index contributed by atoms with van der Waals surface area (Å²) in [6, 6.07) is 4.30. The molecule has 0 bridgehead atoms. The number of carbonyl (C=O) groups is 3. The Morgan fingerprint density at radius 3 is 2.24 bits per heavy atom. The van der Waals surface area contributed by atoms with Crippen LogP contribution in [0.1, 0.15) is 102 Å². The Morgan fingerprint density at radius 2 is 1.66 bits per heavy atom. The molecule has 0 radical (unpaired) electrons. The van der Waals surface area contributed by atoms with Gasteiger partial charge in [0.05, 0.1) is 6.42 Å². The van der Waals surface area contributed by atoms with Crippen LogP contribution in [0.15, 0.2) is 18.3 Å². The fraction of sp³-hybridized carbons (Fsp3) is 0.633. The third kappa shape index (κ3) is 8.93. The van der Waals surface area contributed by atoms with Crippen LogP contribution >= 0.6 is 0 Å². The van der Waals surface area contributed by atoms with Crippen molar-refractivity contribution in [2.75, 3.05) is 13.1 Å². The van der Waals surface area contributed by atoms with Gasteiger partial charge in [-0.25, -0.2) is 4.39 Å². The van der Waals surface area contributed by atoms with E-state index < -0.39 is 0 Å². The molecule has 0 unspecified atom stereocenters. The highest BCUT2D eigenvalue weighted by Gasteiger charge is 2.28. The van der Waals surface area contributed by atoms with Gasteiger partial charge in [0.1, 0.15) is 5.82 Å². The van der Waals surface area contributed by atoms with Crippen molar-refractivity contribution in [2.24, 2.45) is 7.05 Å². The maximum atomic E-state index is 15.2. The molecule has 212 valence electrons. The predicted molar refractivity (Wildman–Crippen MR) is 150 cm³/mol. The first kappa shape index (κ1) is 31.5. The number of hydrogen-bond donors (Lipinski definition) is 2. The van der Waals surface area contributed by atoms with E-state index in [1.165, 1.54) is 38.5 Å². The van der Waals surface area contributed by atoms with Crippen molar-refractivity contribution in [1.82, 2.24) is 14.8 Å². The molecular formula is C30H46FN3O4. The van der Waals surface area contributed by atoms with E-state index in [4.69, 9.17) is 9.90 Å². The molecule has 1 aliphatic heterocycles. The molecule has 2 amide bonds. The molecule has 2 fully saturated rings. The van der Waals surface area contributed by atoms with E-state index in [1.807, 2.05) is 30.8 Å². The van der Waals surface area contributed by atoms with E-state index >= 15 is 4.39 Å². The Bertz CT molecular complexity index is 1040. The summed E-state index contributed by atoms with van der Waals surface area (Å²) in [7, 11) is 1.93. The SMILES string of the molecule is CCC.CCCC(=O)NC(=O)Cc1cn(C)c2cc(C3CCN(C4CCCCC4)CC3)c(F)cc12.O=CO. The summed E-state index contributed by atoms with van der Waals surface area (Å²) in [6.07, 6.45) is 12.9. The fourth-order valence-electron chi connectivity index (χ4n) is 5.64. The number of nitrogens with one attached hydrogen (secondary N) is 1. The van der Waals surface area contributed by atoms with E-state index in [2.05, 4.69) is 24.1 Å². The van der Waals surface area contributed by atoms with Crippen molar-refractivity contribution in [2.45, 2.75) is 103 Å². The normalized spacial score (nSPS) is 16.7. The van der Waals surface area contributed by atoms with Gasteiger partial charge in [-0.15, -0.1) is 0 Å². The third-order valence-electron chi connectivity index (χ3n) is 7.36. The molecule has 1 saturated heterocycles. The number of halogens is 1. The van der Waals surface area contributed by atoms with Crippen LogP contribution in [0.4, 0.5) is 4.39 Å². The van der Waals surface area contributed by atoms with Crippen LogP contribution in [0, 0.1) is 5.82 Å². The lowest BCUT2D eigenvalue weighted by Crippen LogP contribution is -2.42. The Hall–Kier alpha value is -2.74. The van der Waals surface area contributed by atoms with Gasteiger partial charge in [-0.1, -0.05) is 46.5 Å². The first-order valence-electron chi connectivity index (χ1n) is 14.2. The van der Waals surface area contributed by atoms with Gasteiger partial charge in [0.25, 0.3) is 6.47 Å². The molecule has 1 saturated carbocycles. The lowest BCUT2D eigenvalue weighted by atomic mass is 9.86. The lowest BCUT2D eigenvalue weighted by molar-refractivity contribution is -0.130. The van der Waals surface area contributed by atoms with Crippen LogP contribution in [-0.4, -0.2) is 52.0 Å². The number of piperidine rings is 1. The molecule has 1 aromatic carbocycles. The molecule has 2 heterocycles. The van der Waals surface area contributed by atoms with Gasteiger partial charge >= 0.3 is 0 Å². The van der Waals surface area contributed by atoms with Crippen LogP contribution in [-0.2, 0) is 27.9 Å². The molecule has 2 N–H and O–H groups in total. The number of amides is 2. The topological polar surface area (TPSA) is 91.6 Å².